The van der Waals surface area contributed by atoms with Crippen molar-refractivity contribution < 1.29 is 64.1 Å². The Hall–Kier alpha value is -1.89. The first kappa shape index (κ1) is 26.7. The standard InChI is InChI=1S/C22H25N3O7S.Na/c1-9-16-15(10(2)26)20(28)25(16)17(22(31)32)18(9)33-13-7-14(23-8-13)19(27)24-12-5-3-4-11(6-12)21(29)30;/h3-6,9-10,13-16,23,26H,7-8H2,1-2H3,(H,24,27)(H,29,30)(H,31,32);/q;+1/p-1/t9?,10?,13?,14?,15?,16-;/m0./s1. The molecule has 3 heterocycles. The summed E-state index contributed by atoms with van der Waals surface area (Å²) in [4.78, 5) is 49.8. The molecule has 176 valence electrons. The van der Waals surface area contributed by atoms with Crippen molar-refractivity contribution in [3.05, 3.63) is 40.4 Å². The average molecular weight is 498 g/mol. The Morgan fingerprint density at radius 3 is 2.65 bits per heavy atom. The summed E-state index contributed by atoms with van der Waals surface area (Å²) in [6.07, 6.45) is -0.459. The van der Waals surface area contributed by atoms with Gasteiger partial charge in [-0.05, 0) is 31.5 Å². The number of carbonyl (C=O) groups excluding carboxylic acids is 3. The van der Waals surface area contributed by atoms with Crippen molar-refractivity contribution in [1.29, 1.82) is 0 Å². The molecule has 1 aromatic carbocycles. The molecule has 3 aliphatic rings. The molecular formula is C22H24N3NaO7S. The van der Waals surface area contributed by atoms with Crippen LogP contribution < -0.4 is 45.3 Å². The van der Waals surface area contributed by atoms with Crippen molar-refractivity contribution in [3.63, 3.8) is 0 Å². The van der Waals surface area contributed by atoms with Crippen LogP contribution in [0.2, 0.25) is 0 Å². The maximum Gasteiger partial charge on any atom is 1.00 e. The number of hydrogen-bond donors (Lipinski definition) is 4. The molecule has 0 radical (unpaired) electrons. The molecule has 0 aromatic heterocycles. The number of aliphatic hydroxyl groups is 1. The molecule has 4 N–H and O–H groups in total. The van der Waals surface area contributed by atoms with Gasteiger partial charge < -0.3 is 35.6 Å². The van der Waals surface area contributed by atoms with Crippen LogP contribution in [-0.2, 0) is 14.4 Å². The van der Waals surface area contributed by atoms with Crippen LogP contribution in [-0.4, -0.2) is 68.8 Å². The fourth-order valence-corrected chi connectivity index (χ4v) is 6.28. The summed E-state index contributed by atoms with van der Waals surface area (Å²) >= 11 is 1.32. The maximum atomic E-state index is 12.7. The van der Waals surface area contributed by atoms with E-state index in [1.807, 2.05) is 6.92 Å². The molecule has 3 aliphatic heterocycles. The molecule has 10 nitrogen and oxygen atoms in total. The number of thioether (sulfide) groups is 1. The number of aliphatic carboxylic acids is 1. The second-order valence-electron chi connectivity index (χ2n) is 8.57. The number of amides is 2. The molecule has 5 unspecified atom stereocenters. The van der Waals surface area contributed by atoms with E-state index in [1.54, 1.807) is 12.1 Å². The molecule has 0 bridgehead atoms. The third-order valence-corrected chi connectivity index (χ3v) is 7.89. The predicted octanol–water partition coefficient (Wildman–Crippen LogP) is -3.39. The van der Waals surface area contributed by atoms with E-state index in [2.05, 4.69) is 10.6 Å². The number of β-lactam (4-membered cyclic amide) rings is 1. The van der Waals surface area contributed by atoms with E-state index in [0.29, 0.717) is 23.6 Å². The number of hydrogen-bond acceptors (Lipinski definition) is 8. The van der Waals surface area contributed by atoms with Gasteiger partial charge >= 0.3 is 35.5 Å². The SMILES string of the molecule is CC(O)C1C(=O)N2C(C(=O)[O-])=C(SC3CNC(C(=O)Nc4cccc(C(=O)O)c4)C3)C(C)[C@@H]12.[Na+]. The average Bonchev–Trinajstić information content (AvgIpc) is 3.30. The minimum absolute atomic E-state index is 0. The Morgan fingerprint density at radius 1 is 1.32 bits per heavy atom. The molecule has 6 atom stereocenters. The number of benzene rings is 1. The molecule has 4 rings (SSSR count). The van der Waals surface area contributed by atoms with Crippen LogP contribution >= 0.6 is 11.8 Å². The first-order valence-electron chi connectivity index (χ1n) is 10.6. The summed E-state index contributed by atoms with van der Waals surface area (Å²) in [5.74, 6) is -4.17. The number of carbonyl (C=O) groups is 4. The number of aliphatic hydroxyl groups excluding tert-OH is 1. The van der Waals surface area contributed by atoms with Gasteiger partial charge in [-0.3, -0.25) is 9.59 Å². The number of anilines is 1. The fraction of sp³-hybridized carbons (Fsp3) is 0.455. The monoisotopic (exact) mass is 497 g/mol. The van der Waals surface area contributed by atoms with E-state index < -0.39 is 42.0 Å². The van der Waals surface area contributed by atoms with E-state index in [9.17, 15) is 29.4 Å². The summed E-state index contributed by atoms with van der Waals surface area (Å²) in [6, 6.07) is 4.99. The van der Waals surface area contributed by atoms with Gasteiger partial charge in [-0.15, -0.1) is 11.8 Å². The first-order chi connectivity index (χ1) is 15.6. The summed E-state index contributed by atoms with van der Waals surface area (Å²) in [7, 11) is 0. The van der Waals surface area contributed by atoms with E-state index in [-0.39, 0.29) is 57.9 Å². The van der Waals surface area contributed by atoms with Gasteiger partial charge in [0.1, 0.15) is 0 Å². The largest absolute Gasteiger partial charge is 1.00 e. The molecule has 2 saturated heterocycles. The third kappa shape index (κ3) is 4.77. The van der Waals surface area contributed by atoms with Gasteiger partial charge in [-0.1, -0.05) is 13.0 Å². The van der Waals surface area contributed by atoms with Crippen LogP contribution in [0.15, 0.2) is 34.9 Å². The van der Waals surface area contributed by atoms with E-state index >= 15 is 0 Å². The minimum Gasteiger partial charge on any atom is -0.543 e. The number of carboxylic acids is 2. The summed E-state index contributed by atoms with van der Waals surface area (Å²) in [6.45, 7) is 3.80. The topological polar surface area (TPSA) is 159 Å². The Balaban J connectivity index is 0.00000324. The molecule has 2 fully saturated rings. The normalized spacial score (nSPS) is 28.6. The number of rotatable bonds is 7. The van der Waals surface area contributed by atoms with Gasteiger partial charge in [0.2, 0.25) is 11.8 Å². The van der Waals surface area contributed by atoms with Crippen molar-refractivity contribution >= 4 is 41.2 Å². The third-order valence-electron chi connectivity index (χ3n) is 6.38. The van der Waals surface area contributed by atoms with Gasteiger partial charge in [-0.2, -0.15) is 0 Å². The Bertz CT molecular complexity index is 1060. The summed E-state index contributed by atoms with van der Waals surface area (Å²) in [5.41, 5.74) is 0.293. The van der Waals surface area contributed by atoms with Gasteiger partial charge in [0.05, 0.1) is 41.3 Å². The fourth-order valence-electron chi connectivity index (χ4n) is 4.80. The quantitative estimate of drug-likeness (QED) is 0.223. The van der Waals surface area contributed by atoms with E-state index in [0.717, 1.165) is 0 Å². The predicted molar refractivity (Wildman–Crippen MR) is 117 cm³/mol. The van der Waals surface area contributed by atoms with Crippen LogP contribution in [0.25, 0.3) is 0 Å². The zero-order valence-electron chi connectivity index (χ0n) is 19.0. The second-order valence-corrected chi connectivity index (χ2v) is 9.91. The number of nitrogens with one attached hydrogen (secondary N) is 2. The number of aromatic carboxylic acids is 1. The van der Waals surface area contributed by atoms with Crippen LogP contribution in [0, 0.1) is 11.8 Å². The van der Waals surface area contributed by atoms with Crippen LogP contribution in [0.3, 0.4) is 0 Å². The molecule has 34 heavy (non-hydrogen) atoms. The van der Waals surface area contributed by atoms with Crippen LogP contribution in [0.5, 0.6) is 0 Å². The van der Waals surface area contributed by atoms with E-state index in [4.69, 9.17) is 5.11 Å². The molecule has 2 amide bonds. The van der Waals surface area contributed by atoms with Crippen molar-refractivity contribution in [2.24, 2.45) is 11.8 Å². The van der Waals surface area contributed by atoms with Crippen molar-refractivity contribution in [2.75, 3.05) is 11.9 Å². The molecule has 0 saturated carbocycles. The van der Waals surface area contributed by atoms with Crippen molar-refractivity contribution in [3.8, 4) is 0 Å². The van der Waals surface area contributed by atoms with Gasteiger partial charge in [0.25, 0.3) is 0 Å². The minimum atomic E-state index is -1.43. The summed E-state index contributed by atoms with van der Waals surface area (Å²) in [5, 5.41) is 36.6. The maximum absolute atomic E-state index is 12.7. The number of fused-ring (bicyclic) bond motifs is 1. The smallest absolute Gasteiger partial charge is 0.543 e. The van der Waals surface area contributed by atoms with Crippen LogP contribution in [0.1, 0.15) is 30.6 Å². The second kappa shape index (κ2) is 10.4. The number of nitrogens with zero attached hydrogens (tertiary/aromatic N) is 1. The first-order valence-corrected chi connectivity index (χ1v) is 11.5. The van der Waals surface area contributed by atoms with Gasteiger partial charge in [-0.25, -0.2) is 4.79 Å². The van der Waals surface area contributed by atoms with Gasteiger partial charge in [0.15, 0.2) is 0 Å². The summed E-state index contributed by atoms with van der Waals surface area (Å²) < 4.78 is 0. The van der Waals surface area contributed by atoms with Crippen molar-refractivity contribution in [2.45, 2.75) is 43.7 Å². The van der Waals surface area contributed by atoms with Gasteiger partial charge in [0, 0.05) is 28.3 Å². The Morgan fingerprint density at radius 2 is 2.03 bits per heavy atom. The molecule has 12 heteroatoms. The van der Waals surface area contributed by atoms with E-state index in [1.165, 1.54) is 35.7 Å². The van der Waals surface area contributed by atoms with Crippen LogP contribution in [0.4, 0.5) is 5.69 Å². The zero-order chi connectivity index (χ0) is 24.0. The Kier molecular flexibility index (Phi) is 8.16. The molecular weight excluding hydrogens is 473 g/mol. The zero-order valence-corrected chi connectivity index (χ0v) is 21.8. The molecule has 0 aliphatic carbocycles. The number of carboxylic acid groups (broad SMARTS) is 2. The Labute approximate surface area is 222 Å². The molecule has 0 spiro atoms. The molecule has 1 aromatic rings. The van der Waals surface area contributed by atoms with Crippen molar-refractivity contribution in [1.82, 2.24) is 10.2 Å².